The van der Waals surface area contributed by atoms with E-state index in [1.807, 2.05) is 0 Å². The minimum absolute atomic E-state index is 0.00147. The highest BCUT2D eigenvalue weighted by Crippen LogP contribution is 2.29. The molecule has 4 rings (SSSR count). The number of hydrogen-bond acceptors (Lipinski definition) is 4. The number of methoxy groups -OCH3 is 1. The van der Waals surface area contributed by atoms with Crippen LogP contribution in [0.15, 0.2) is 82.4 Å². The molecule has 39 heavy (non-hydrogen) atoms. The number of amides is 1. The molecule has 204 valence electrons. The van der Waals surface area contributed by atoms with E-state index in [9.17, 15) is 27.6 Å². The number of carbonyl (C=O) groups is 1. The number of nitrogens with zero attached hydrogens (tertiary/aromatic N) is 2. The normalized spacial score (nSPS) is 11.6. The van der Waals surface area contributed by atoms with Crippen molar-refractivity contribution in [1.29, 1.82) is 0 Å². The SMILES string of the molecule is COCCCNC(=O)c1ccc(Cn2c(=O)c3ccccc3n(CCc3ccc(C(F)(F)F)cc3)c2=O)cc1. The second-order valence-corrected chi connectivity index (χ2v) is 9.09. The molecule has 0 saturated carbocycles. The van der Waals surface area contributed by atoms with Crippen molar-refractivity contribution in [1.82, 2.24) is 14.5 Å². The summed E-state index contributed by atoms with van der Waals surface area (Å²) >= 11 is 0. The van der Waals surface area contributed by atoms with Gasteiger partial charge in [-0.1, -0.05) is 36.4 Å². The molecule has 1 N–H and O–H groups in total. The summed E-state index contributed by atoms with van der Waals surface area (Å²) in [5.41, 5.74) is 0.499. The van der Waals surface area contributed by atoms with Crippen LogP contribution in [0.1, 0.15) is 33.5 Å². The Morgan fingerprint density at radius 3 is 2.23 bits per heavy atom. The van der Waals surface area contributed by atoms with E-state index in [0.717, 1.165) is 16.7 Å². The van der Waals surface area contributed by atoms with Gasteiger partial charge in [0.1, 0.15) is 0 Å². The Morgan fingerprint density at radius 1 is 0.897 bits per heavy atom. The summed E-state index contributed by atoms with van der Waals surface area (Å²) in [5.74, 6) is -0.230. The van der Waals surface area contributed by atoms with Crippen molar-refractivity contribution in [3.8, 4) is 0 Å². The maximum absolute atomic E-state index is 13.5. The number of rotatable bonds is 10. The molecule has 1 heterocycles. The molecule has 7 nitrogen and oxygen atoms in total. The molecule has 0 radical (unpaired) electrons. The lowest BCUT2D eigenvalue weighted by atomic mass is 10.1. The maximum atomic E-state index is 13.5. The van der Waals surface area contributed by atoms with E-state index in [2.05, 4.69) is 5.32 Å². The molecule has 3 aromatic carbocycles. The van der Waals surface area contributed by atoms with Crippen LogP contribution in [0.4, 0.5) is 13.2 Å². The zero-order valence-electron chi connectivity index (χ0n) is 21.3. The quantitative estimate of drug-likeness (QED) is 0.306. The lowest BCUT2D eigenvalue weighted by molar-refractivity contribution is -0.137. The molecule has 0 fully saturated rings. The first kappa shape index (κ1) is 27.8. The molecule has 1 amide bonds. The lowest BCUT2D eigenvalue weighted by Gasteiger charge is -2.15. The van der Waals surface area contributed by atoms with Crippen LogP contribution in [0.25, 0.3) is 10.9 Å². The van der Waals surface area contributed by atoms with E-state index in [1.165, 1.54) is 16.7 Å². The Hall–Kier alpha value is -4.18. The largest absolute Gasteiger partial charge is 0.416 e. The van der Waals surface area contributed by atoms with E-state index in [4.69, 9.17) is 4.74 Å². The number of hydrogen-bond donors (Lipinski definition) is 1. The third-order valence-electron chi connectivity index (χ3n) is 6.41. The van der Waals surface area contributed by atoms with Crippen LogP contribution >= 0.6 is 0 Å². The number of carbonyl (C=O) groups excluding carboxylic acids is 1. The number of nitrogens with one attached hydrogen (secondary N) is 1. The summed E-state index contributed by atoms with van der Waals surface area (Å²) in [7, 11) is 1.59. The third kappa shape index (κ3) is 6.64. The van der Waals surface area contributed by atoms with Gasteiger partial charge in [-0.2, -0.15) is 13.2 Å². The molecule has 0 unspecified atom stereocenters. The van der Waals surface area contributed by atoms with Gasteiger partial charge in [0, 0.05) is 32.4 Å². The molecule has 0 aliphatic rings. The monoisotopic (exact) mass is 539 g/mol. The van der Waals surface area contributed by atoms with Gasteiger partial charge < -0.3 is 10.1 Å². The van der Waals surface area contributed by atoms with Gasteiger partial charge in [-0.15, -0.1) is 0 Å². The molecular formula is C29H28F3N3O4. The van der Waals surface area contributed by atoms with Crippen molar-refractivity contribution >= 4 is 16.8 Å². The van der Waals surface area contributed by atoms with Gasteiger partial charge in [0.15, 0.2) is 0 Å². The Kier molecular flexibility index (Phi) is 8.65. The van der Waals surface area contributed by atoms with Crippen molar-refractivity contribution < 1.29 is 22.7 Å². The molecule has 0 aliphatic carbocycles. The van der Waals surface area contributed by atoms with E-state index >= 15 is 0 Å². The van der Waals surface area contributed by atoms with E-state index in [0.29, 0.717) is 53.6 Å². The molecule has 0 atom stereocenters. The summed E-state index contributed by atoms with van der Waals surface area (Å²) in [5, 5.41) is 3.16. The van der Waals surface area contributed by atoms with Crippen molar-refractivity contribution in [2.45, 2.75) is 32.1 Å². The first-order chi connectivity index (χ1) is 18.7. The maximum Gasteiger partial charge on any atom is 0.416 e. The average molecular weight is 540 g/mol. The summed E-state index contributed by atoms with van der Waals surface area (Å²) < 4.78 is 46.3. The molecule has 0 aliphatic heterocycles. The van der Waals surface area contributed by atoms with Gasteiger partial charge in [-0.25, -0.2) is 4.79 Å². The van der Waals surface area contributed by atoms with Gasteiger partial charge in [0.25, 0.3) is 11.5 Å². The van der Waals surface area contributed by atoms with Gasteiger partial charge in [-0.3, -0.25) is 18.7 Å². The fourth-order valence-electron chi connectivity index (χ4n) is 4.29. The standard InChI is InChI=1S/C29H28F3N3O4/c1-39-18-4-16-33-26(36)22-11-7-21(8-12-22)19-35-27(37)24-5-2-3-6-25(24)34(28(35)38)17-15-20-9-13-23(14-10-20)29(30,31)32/h2-3,5-14H,4,15-19H2,1H3,(H,33,36). The second-order valence-electron chi connectivity index (χ2n) is 9.09. The summed E-state index contributed by atoms with van der Waals surface area (Å²) in [4.78, 5) is 39.0. The molecule has 1 aromatic heterocycles. The summed E-state index contributed by atoms with van der Waals surface area (Å²) in [6.45, 7) is 1.19. The predicted molar refractivity (Wildman–Crippen MR) is 142 cm³/mol. The number of aryl methyl sites for hydroxylation is 2. The number of ether oxygens (including phenoxy) is 1. The van der Waals surface area contributed by atoms with Gasteiger partial charge in [0.05, 0.1) is 23.0 Å². The highest BCUT2D eigenvalue weighted by Gasteiger charge is 2.29. The zero-order chi connectivity index (χ0) is 28.0. The minimum atomic E-state index is -4.42. The fourth-order valence-corrected chi connectivity index (χ4v) is 4.29. The topological polar surface area (TPSA) is 82.3 Å². The molecule has 4 aromatic rings. The number of halogens is 3. The fraction of sp³-hybridized carbons (Fsp3) is 0.276. The predicted octanol–water partition coefficient (Wildman–Crippen LogP) is 4.24. The number of alkyl halides is 3. The smallest absolute Gasteiger partial charge is 0.385 e. The molecule has 0 spiro atoms. The van der Waals surface area contributed by atoms with Crippen molar-refractivity contribution in [3.05, 3.63) is 116 Å². The van der Waals surface area contributed by atoms with Crippen LogP contribution in [-0.4, -0.2) is 35.3 Å². The van der Waals surface area contributed by atoms with Crippen molar-refractivity contribution in [2.24, 2.45) is 0 Å². The van der Waals surface area contributed by atoms with Gasteiger partial charge in [0.2, 0.25) is 0 Å². The van der Waals surface area contributed by atoms with E-state index < -0.39 is 23.0 Å². The highest BCUT2D eigenvalue weighted by molar-refractivity contribution is 5.94. The number of fused-ring (bicyclic) bond motifs is 1. The number of aromatic nitrogens is 2. The van der Waals surface area contributed by atoms with Crippen molar-refractivity contribution in [3.63, 3.8) is 0 Å². The van der Waals surface area contributed by atoms with Gasteiger partial charge in [-0.05, 0) is 60.4 Å². The summed E-state index contributed by atoms with van der Waals surface area (Å²) in [6.07, 6.45) is -3.43. The van der Waals surface area contributed by atoms with Crippen LogP contribution in [-0.2, 0) is 30.4 Å². The van der Waals surface area contributed by atoms with Crippen LogP contribution in [0.3, 0.4) is 0 Å². The summed E-state index contributed by atoms with van der Waals surface area (Å²) in [6, 6.07) is 18.2. The highest BCUT2D eigenvalue weighted by atomic mass is 19.4. The minimum Gasteiger partial charge on any atom is -0.385 e. The lowest BCUT2D eigenvalue weighted by Crippen LogP contribution is -2.40. The Balaban J connectivity index is 1.57. The first-order valence-electron chi connectivity index (χ1n) is 12.4. The van der Waals surface area contributed by atoms with Crippen LogP contribution in [0, 0.1) is 0 Å². The van der Waals surface area contributed by atoms with E-state index in [-0.39, 0.29) is 19.0 Å². The molecule has 0 bridgehead atoms. The average Bonchev–Trinajstić information content (AvgIpc) is 2.93. The molecular weight excluding hydrogens is 511 g/mol. The van der Waals surface area contributed by atoms with E-state index in [1.54, 1.807) is 55.6 Å². The number of para-hydroxylation sites is 1. The van der Waals surface area contributed by atoms with Crippen LogP contribution < -0.4 is 16.6 Å². The third-order valence-corrected chi connectivity index (χ3v) is 6.41. The van der Waals surface area contributed by atoms with Crippen LogP contribution in [0.5, 0.6) is 0 Å². The first-order valence-corrected chi connectivity index (χ1v) is 12.4. The molecule has 0 saturated heterocycles. The second kappa shape index (κ2) is 12.1. The Bertz CT molecular complexity index is 1560. The Morgan fingerprint density at radius 2 is 1.56 bits per heavy atom. The zero-order valence-corrected chi connectivity index (χ0v) is 21.3. The number of benzene rings is 3. The molecule has 10 heteroatoms. The van der Waals surface area contributed by atoms with Crippen LogP contribution in [0.2, 0.25) is 0 Å². The Labute approximate surface area is 222 Å². The van der Waals surface area contributed by atoms with Gasteiger partial charge >= 0.3 is 11.9 Å². The van der Waals surface area contributed by atoms with Crippen molar-refractivity contribution in [2.75, 3.05) is 20.3 Å².